The standard InChI is InChI=1S/C16H15ClS/c17-14-7-5-13(6-8-14)16-11-18-10-9-12-3-1-2-4-15(12)16/h1-8,16H,9-11H2. The van der Waals surface area contributed by atoms with Crippen LogP contribution in [0.5, 0.6) is 0 Å². The monoisotopic (exact) mass is 274 g/mol. The molecule has 3 rings (SSSR count). The molecule has 0 radical (unpaired) electrons. The summed E-state index contributed by atoms with van der Waals surface area (Å²) in [4.78, 5) is 0. The van der Waals surface area contributed by atoms with E-state index in [1.807, 2.05) is 23.9 Å². The first-order valence-electron chi connectivity index (χ1n) is 6.25. The maximum absolute atomic E-state index is 5.98. The molecule has 2 aromatic rings. The molecule has 0 fully saturated rings. The van der Waals surface area contributed by atoms with Crippen molar-refractivity contribution in [2.45, 2.75) is 12.3 Å². The molecule has 1 heterocycles. The number of hydrogen-bond donors (Lipinski definition) is 0. The molecular formula is C16H15ClS. The molecule has 1 aliphatic heterocycles. The number of halogens is 1. The van der Waals surface area contributed by atoms with Crippen LogP contribution in [0.1, 0.15) is 22.6 Å². The molecule has 0 saturated heterocycles. The van der Waals surface area contributed by atoms with E-state index in [2.05, 4.69) is 36.4 Å². The molecule has 92 valence electrons. The first-order chi connectivity index (χ1) is 8.84. The van der Waals surface area contributed by atoms with Crippen LogP contribution in [0.4, 0.5) is 0 Å². The van der Waals surface area contributed by atoms with Crippen LogP contribution < -0.4 is 0 Å². The highest BCUT2D eigenvalue weighted by Crippen LogP contribution is 2.34. The van der Waals surface area contributed by atoms with Crippen LogP contribution >= 0.6 is 23.4 Å². The van der Waals surface area contributed by atoms with Crippen LogP contribution in [0.25, 0.3) is 0 Å². The molecule has 0 aliphatic carbocycles. The summed E-state index contributed by atoms with van der Waals surface area (Å²) in [6, 6.07) is 17.2. The number of fused-ring (bicyclic) bond motifs is 1. The summed E-state index contributed by atoms with van der Waals surface area (Å²) >= 11 is 8.02. The fourth-order valence-corrected chi connectivity index (χ4v) is 3.81. The third-order valence-electron chi connectivity index (χ3n) is 3.50. The molecule has 0 spiro atoms. The minimum absolute atomic E-state index is 0.506. The van der Waals surface area contributed by atoms with Gasteiger partial charge in [-0.25, -0.2) is 0 Å². The van der Waals surface area contributed by atoms with Gasteiger partial charge in [0.25, 0.3) is 0 Å². The molecule has 1 atom stereocenters. The molecule has 0 N–H and O–H groups in total. The van der Waals surface area contributed by atoms with Gasteiger partial charge in [0, 0.05) is 16.7 Å². The number of rotatable bonds is 1. The molecule has 0 saturated carbocycles. The lowest BCUT2D eigenvalue weighted by Gasteiger charge is -2.17. The minimum Gasteiger partial charge on any atom is -0.161 e. The van der Waals surface area contributed by atoms with E-state index in [9.17, 15) is 0 Å². The predicted molar refractivity (Wildman–Crippen MR) is 80.8 cm³/mol. The molecule has 2 aromatic carbocycles. The van der Waals surface area contributed by atoms with E-state index in [-0.39, 0.29) is 0 Å². The van der Waals surface area contributed by atoms with Gasteiger partial charge in [0.2, 0.25) is 0 Å². The smallest absolute Gasteiger partial charge is 0.0406 e. The van der Waals surface area contributed by atoms with Gasteiger partial charge in [-0.05, 0) is 41.0 Å². The van der Waals surface area contributed by atoms with E-state index in [1.54, 1.807) is 0 Å². The molecule has 0 nitrogen and oxygen atoms in total. The highest BCUT2D eigenvalue weighted by molar-refractivity contribution is 7.99. The van der Waals surface area contributed by atoms with Crippen LogP contribution in [-0.4, -0.2) is 11.5 Å². The zero-order valence-electron chi connectivity index (χ0n) is 10.1. The van der Waals surface area contributed by atoms with Gasteiger partial charge in [-0.3, -0.25) is 0 Å². The largest absolute Gasteiger partial charge is 0.161 e. The van der Waals surface area contributed by atoms with Gasteiger partial charge in [-0.2, -0.15) is 11.8 Å². The van der Waals surface area contributed by atoms with Crippen LogP contribution in [0.15, 0.2) is 48.5 Å². The Hall–Kier alpha value is -0.920. The van der Waals surface area contributed by atoms with Crippen molar-refractivity contribution in [2.24, 2.45) is 0 Å². The molecule has 0 aromatic heterocycles. The molecule has 1 aliphatic rings. The Kier molecular flexibility index (Phi) is 3.62. The third-order valence-corrected chi connectivity index (χ3v) is 4.82. The number of aryl methyl sites for hydroxylation is 1. The molecule has 0 amide bonds. The summed E-state index contributed by atoms with van der Waals surface area (Å²) in [5.74, 6) is 2.89. The first-order valence-corrected chi connectivity index (χ1v) is 7.79. The van der Waals surface area contributed by atoms with Crippen LogP contribution in [0, 0.1) is 0 Å². The first kappa shape index (κ1) is 12.1. The SMILES string of the molecule is Clc1ccc(C2CSCCc3ccccc32)cc1. The normalized spacial score (nSPS) is 19.1. The third kappa shape index (κ3) is 2.43. The Balaban J connectivity index is 2.03. The summed E-state index contributed by atoms with van der Waals surface area (Å²) < 4.78 is 0. The van der Waals surface area contributed by atoms with Crippen molar-refractivity contribution < 1.29 is 0 Å². The van der Waals surface area contributed by atoms with E-state index in [0.717, 1.165) is 5.02 Å². The van der Waals surface area contributed by atoms with E-state index >= 15 is 0 Å². The Bertz CT molecular complexity index is 533. The minimum atomic E-state index is 0.506. The predicted octanol–water partition coefficient (Wildman–Crippen LogP) is 4.76. The second kappa shape index (κ2) is 5.38. The summed E-state index contributed by atoms with van der Waals surface area (Å²) in [5, 5.41) is 0.813. The van der Waals surface area contributed by atoms with Gasteiger partial charge >= 0.3 is 0 Å². The summed E-state index contributed by atoms with van der Waals surface area (Å²) in [5.41, 5.74) is 4.37. The summed E-state index contributed by atoms with van der Waals surface area (Å²) in [6.45, 7) is 0. The topological polar surface area (TPSA) is 0 Å². The lowest BCUT2D eigenvalue weighted by atomic mass is 9.89. The van der Waals surface area contributed by atoms with Gasteiger partial charge in [0.05, 0.1) is 0 Å². The van der Waals surface area contributed by atoms with Crippen molar-refractivity contribution in [3.63, 3.8) is 0 Å². The Morgan fingerprint density at radius 3 is 2.61 bits per heavy atom. The summed E-state index contributed by atoms with van der Waals surface area (Å²) in [7, 11) is 0. The second-order valence-electron chi connectivity index (χ2n) is 4.63. The van der Waals surface area contributed by atoms with Crippen molar-refractivity contribution in [3.05, 3.63) is 70.2 Å². The number of benzene rings is 2. The van der Waals surface area contributed by atoms with Crippen molar-refractivity contribution in [2.75, 3.05) is 11.5 Å². The van der Waals surface area contributed by atoms with Gasteiger partial charge in [0.1, 0.15) is 0 Å². The second-order valence-corrected chi connectivity index (χ2v) is 6.21. The lowest BCUT2D eigenvalue weighted by Crippen LogP contribution is -2.04. The van der Waals surface area contributed by atoms with E-state index in [0.29, 0.717) is 5.92 Å². The van der Waals surface area contributed by atoms with Crippen molar-refractivity contribution in [1.29, 1.82) is 0 Å². The number of thioether (sulfide) groups is 1. The van der Waals surface area contributed by atoms with Gasteiger partial charge in [-0.1, -0.05) is 48.0 Å². The lowest BCUT2D eigenvalue weighted by molar-refractivity contribution is 0.923. The molecule has 0 bridgehead atoms. The highest BCUT2D eigenvalue weighted by Gasteiger charge is 2.19. The zero-order valence-corrected chi connectivity index (χ0v) is 11.7. The van der Waals surface area contributed by atoms with Crippen LogP contribution in [-0.2, 0) is 6.42 Å². The highest BCUT2D eigenvalue weighted by atomic mass is 35.5. The van der Waals surface area contributed by atoms with Gasteiger partial charge in [0.15, 0.2) is 0 Å². The van der Waals surface area contributed by atoms with E-state index in [1.165, 1.54) is 34.6 Å². The maximum Gasteiger partial charge on any atom is 0.0406 e. The Morgan fingerprint density at radius 1 is 1.00 bits per heavy atom. The Morgan fingerprint density at radius 2 is 1.78 bits per heavy atom. The van der Waals surface area contributed by atoms with Crippen LogP contribution in [0.3, 0.4) is 0 Å². The van der Waals surface area contributed by atoms with Crippen molar-refractivity contribution in [1.82, 2.24) is 0 Å². The number of hydrogen-bond acceptors (Lipinski definition) is 1. The zero-order chi connectivity index (χ0) is 12.4. The maximum atomic E-state index is 5.98. The van der Waals surface area contributed by atoms with Gasteiger partial charge in [-0.15, -0.1) is 0 Å². The van der Waals surface area contributed by atoms with Crippen LogP contribution in [0.2, 0.25) is 5.02 Å². The van der Waals surface area contributed by atoms with Gasteiger partial charge < -0.3 is 0 Å². The molecule has 2 heteroatoms. The summed E-state index contributed by atoms with van der Waals surface area (Å²) in [6.07, 6.45) is 1.19. The average molecular weight is 275 g/mol. The quantitative estimate of drug-likeness (QED) is 0.722. The fraction of sp³-hybridized carbons (Fsp3) is 0.250. The van der Waals surface area contributed by atoms with Crippen molar-refractivity contribution in [3.8, 4) is 0 Å². The van der Waals surface area contributed by atoms with E-state index in [4.69, 9.17) is 11.6 Å². The van der Waals surface area contributed by atoms with Crippen molar-refractivity contribution >= 4 is 23.4 Å². The molecular weight excluding hydrogens is 260 g/mol. The Labute approximate surface area is 117 Å². The molecule has 18 heavy (non-hydrogen) atoms. The average Bonchev–Trinajstić information content (AvgIpc) is 2.62. The fourth-order valence-electron chi connectivity index (χ4n) is 2.55. The van der Waals surface area contributed by atoms with E-state index < -0.39 is 0 Å². The molecule has 1 unspecified atom stereocenters.